The van der Waals surface area contributed by atoms with Crippen LogP contribution in [0.2, 0.25) is 0 Å². The fraction of sp³-hybridized carbons (Fsp3) is 0.514. The average Bonchev–Trinajstić information content (AvgIpc) is 3.74. The number of hydrogen-bond donors (Lipinski definition) is 2. The smallest absolute Gasteiger partial charge is 0.319 e. The van der Waals surface area contributed by atoms with Gasteiger partial charge in [0.2, 0.25) is 0 Å². The molecule has 5 atom stereocenters. The van der Waals surface area contributed by atoms with Gasteiger partial charge in [-0.15, -0.1) is 0 Å². The van der Waals surface area contributed by atoms with Gasteiger partial charge in [-0.05, 0) is 86.9 Å². The molecule has 234 valence electrons. The second-order valence-electron chi connectivity index (χ2n) is 14.2. The molecule has 6 heterocycles. The summed E-state index contributed by atoms with van der Waals surface area (Å²) in [6.45, 7) is 4.64. The molecule has 1 aliphatic carbocycles. The summed E-state index contributed by atoms with van der Waals surface area (Å²) in [4.78, 5) is 18.8. The monoisotopic (exact) mass is 612 g/mol. The van der Waals surface area contributed by atoms with Gasteiger partial charge in [-0.25, -0.2) is 8.78 Å². The molecule has 5 fully saturated rings. The zero-order valence-corrected chi connectivity index (χ0v) is 25.5. The van der Waals surface area contributed by atoms with Crippen LogP contribution in [0.5, 0.6) is 11.8 Å². The zero-order chi connectivity index (χ0) is 30.5. The third kappa shape index (κ3) is 4.24. The zero-order valence-electron chi connectivity index (χ0n) is 25.5. The SMILES string of the molecule is Cc1cccc2cc(O)cc(-c3ncc4c(N5CC6CCC(C5)N6)nc(OCC56CCCN5[C@H]5CCC[C@@]5(F)C6)nc4c3F)c12. The van der Waals surface area contributed by atoms with E-state index < -0.39 is 11.5 Å². The fourth-order valence-corrected chi connectivity index (χ4v) is 9.51. The van der Waals surface area contributed by atoms with Crippen molar-refractivity contribution in [3.05, 3.63) is 47.9 Å². The lowest BCUT2D eigenvalue weighted by molar-refractivity contribution is 0.0811. The van der Waals surface area contributed by atoms with E-state index >= 15 is 8.78 Å². The molecular weight excluding hydrogens is 574 g/mol. The van der Waals surface area contributed by atoms with Crippen molar-refractivity contribution in [2.75, 3.05) is 31.1 Å². The molecule has 4 saturated heterocycles. The number of aromatic nitrogens is 3. The van der Waals surface area contributed by atoms with Crippen LogP contribution in [0.25, 0.3) is 32.9 Å². The Morgan fingerprint density at radius 1 is 1.09 bits per heavy atom. The highest BCUT2D eigenvalue weighted by molar-refractivity contribution is 6.01. The van der Waals surface area contributed by atoms with Crippen molar-refractivity contribution in [3.63, 3.8) is 0 Å². The van der Waals surface area contributed by atoms with Gasteiger partial charge in [0.05, 0.1) is 10.9 Å². The number of phenols is 1. The van der Waals surface area contributed by atoms with Crippen molar-refractivity contribution >= 4 is 27.5 Å². The van der Waals surface area contributed by atoms with Crippen molar-refractivity contribution in [2.24, 2.45) is 0 Å². The molecule has 1 saturated carbocycles. The molecule has 2 bridgehead atoms. The van der Waals surface area contributed by atoms with Crippen LogP contribution in [0, 0.1) is 12.7 Å². The fourth-order valence-electron chi connectivity index (χ4n) is 9.51. The first-order valence-corrected chi connectivity index (χ1v) is 16.5. The van der Waals surface area contributed by atoms with E-state index in [2.05, 4.69) is 20.1 Å². The maximum Gasteiger partial charge on any atom is 0.319 e. The minimum Gasteiger partial charge on any atom is -0.508 e. The Balaban J connectivity index is 1.15. The lowest BCUT2D eigenvalue weighted by Gasteiger charge is -2.35. The second kappa shape index (κ2) is 9.93. The van der Waals surface area contributed by atoms with Gasteiger partial charge >= 0.3 is 6.01 Å². The van der Waals surface area contributed by atoms with Crippen molar-refractivity contribution in [1.82, 2.24) is 25.2 Å². The van der Waals surface area contributed by atoms with Gasteiger partial charge in [0.1, 0.15) is 35.1 Å². The van der Waals surface area contributed by atoms with Crippen LogP contribution in [-0.2, 0) is 0 Å². The molecule has 4 aromatic rings. The van der Waals surface area contributed by atoms with Crippen molar-refractivity contribution in [1.29, 1.82) is 0 Å². The summed E-state index contributed by atoms with van der Waals surface area (Å²) >= 11 is 0. The molecule has 0 amide bonds. The van der Waals surface area contributed by atoms with Crippen LogP contribution >= 0.6 is 0 Å². The largest absolute Gasteiger partial charge is 0.508 e. The lowest BCUT2D eigenvalue weighted by Crippen LogP contribution is -2.51. The number of ether oxygens (including phenoxy) is 1. The van der Waals surface area contributed by atoms with E-state index in [0.717, 1.165) is 74.5 Å². The predicted molar refractivity (Wildman–Crippen MR) is 169 cm³/mol. The van der Waals surface area contributed by atoms with E-state index in [0.29, 0.717) is 41.7 Å². The van der Waals surface area contributed by atoms with Crippen LogP contribution in [0.4, 0.5) is 14.6 Å². The highest BCUT2D eigenvalue weighted by atomic mass is 19.1. The highest BCUT2D eigenvalue weighted by Crippen LogP contribution is 2.55. The molecule has 2 N–H and O–H groups in total. The number of nitrogens with one attached hydrogen (secondary N) is 1. The molecule has 9 rings (SSSR count). The third-order valence-electron chi connectivity index (χ3n) is 11.4. The van der Waals surface area contributed by atoms with Gasteiger partial charge in [0.25, 0.3) is 0 Å². The van der Waals surface area contributed by atoms with E-state index in [-0.39, 0.29) is 41.2 Å². The number of halogens is 2. The highest BCUT2D eigenvalue weighted by Gasteiger charge is 2.63. The van der Waals surface area contributed by atoms with E-state index in [9.17, 15) is 5.11 Å². The summed E-state index contributed by atoms with van der Waals surface area (Å²) in [6, 6.07) is 9.81. The first-order valence-electron chi connectivity index (χ1n) is 16.5. The number of pyridine rings is 1. The van der Waals surface area contributed by atoms with E-state index in [1.54, 1.807) is 18.3 Å². The summed E-state index contributed by atoms with van der Waals surface area (Å²) < 4.78 is 39.2. The topological polar surface area (TPSA) is 86.6 Å². The Morgan fingerprint density at radius 3 is 2.78 bits per heavy atom. The van der Waals surface area contributed by atoms with Crippen LogP contribution in [-0.4, -0.2) is 80.5 Å². The minimum atomic E-state index is -1.16. The predicted octanol–water partition coefficient (Wildman–Crippen LogP) is 5.82. The molecule has 2 aromatic carbocycles. The van der Waals surface area contributed by atoms with Gasteiger partial charge in [0.15, 0.2) is 5.82 Å². The maximum atomic E-state index is 16.8. The standard InChI is InChI=1S/C35H38F2N6O2/c1-20-5-2-6-21-13-24(44)14-25(28(20)21)30-29(36)31-26(15-38-30)32(42-16-22-8-9-23(17-42)39-22)41-33(40-31)45-19-34-10-4-12-43(34)27-7-3-11-35(27,37)18-34/h2,5-6,13-15,22-23,27,39,44H,3-4,7-12,16-19H2,1H3/t22?,23?,27-,34?,35+/m0/s1. The minimum absolute atomic E-state index is 0.0420. The van der Waals surface area contributed by atoms with Crippen LogP contribution in [0.15, 0.2) is 36.5 Å². The summed E-state index contributed by atoms with van der Waals surface area (Å²) in [7, 11) is 0. The number of aromatic hydroxyl groups is 1. The Labute approximate surface area is 260 Å². The number of piperazine rings is 1. The van der Waals surface area contributed by atoms with Crippen molar-refractivity contribution < 1.29 is 18.6 Å². The van der Waals surface area contributed by atoms with Gasteiger partial charge in [0, 0.05) is 49.4 Å². The summed E-state index contributed by atoms with van der Waals surface area (Å²) in [6.07, 6.45) is 8.66. The van der Waals surface area contributed by atoms with Crippen molar-refractivity contribution in [2.45, 2.75) is 87.6 Å². The van der Waals surface area contributed by atoms with Crippen LogP contribution in [0.1, 0.15) is 56.9 Å². The average molecular weight is 613 g/mol. The number of aryl methyl sites for hydroxylation is 1. The van der Waals surface area contributed by atoms with Gasteiger partial charge in [-0.2, -0.15) is 9.97 Å². The summed E-state index contributed by atoms with van der Waals surface area (Å²) in [5, 5.41) is 16.4. The first kappa shape index (κ1) is 27.7. The number of anilines is 1. The molecule has 8 nitrogen and oxygen atoms in total. The molecule has 3 unspecified atom stereocenters. The van der Waals surface area contributed by atoms with E-state index in [1.807, 2.05) is 25.1 Å². The summed E-state index contributed by atoms with van der Waals surface area (Å²) in [5.41, 5.74) is 0.191. The first-order chi connectivity index (χ1) is 21.8. The molecule has 4 aliphatic heterocycles. The summed E-state index contributed by atoms with van der Waals surface area (Å²) in [5.74, 6) is 0.0859. The Hall–Kier alpha value is -3.63. The number of hydrogen-bond acceptors (Lipinski definition) is 8. The molecule has 2 aromatic heterocycles. The lowest BCUT2D eigenvalue weighted by atomic mass is 9.88. The van der Waals surface area contributed by atoms with Gasteiger partial charge in [-0.3, -0.25) is 9.88 Å². The Bertz CT molecular complexity index is 1840. The molecule has 0 spiro atoms. The number of fused-ring (bicyclic) bond motifs is 7. The van der Waals surface area contributed by atoms with E-state index in [1.165, 1.54) is 0 Å². The number of benzene rings is 2. The van der Waals surface area contributed by atoms with Gasteiger partial charge in [-0.1, -0.05) is 18.2 Å². The molecule has 10 heteroatoms. The van der Waals surface area contributed by atoms with Crippen molar-refractivity contribution in [3.8, 4) is 23.0 Å². The van der Waals surface area contributed by atoms with E-state index in [4.69, 9.17) is 14.7 Å². The number of rotatable bonds is 5. The molecular formula is C35H38F2N6O2. The third-order valence-corrected chi connectivity index (χ3v) is 11.4. The van der Waals surface area contributed by atoms with Gasteiger partial charge < -0.3 is 20.1 Å². The number of nitrogens with zero attached hydrogens (tertiary/aromatic N) is 5. The molecule has 0 radical (unpaired) electrons. The normalized spacial score (nSPS) is 30.8. The Morgan fingerprint density at radius 2 is 1.93 bits per heavy atom. The number of alkyl halides is 1. The number of phenolic OH excluding ortho intramolecular Hbond substituents is 1. The molecule has 45 heavy (non-hydrogen) atoms. The maximum absolute atomic E-state index is 16.8. The Kier molecular flexibility index (Phi) is 6.11. The van der Waals surface area contributed by atoms with Crippen LogP contribution in [0.3, 0.4) is 0 Å². The quantitative estimate of drug-likeness (QED) is 0.292. The van der Waals surface area contributed by atoms with Crippen LogP contribution < -0.4 is 15.0 Å². The second-order valence-corrected chi connectivity index (χ2v) is 14.2. The molecule has 5 aliphatic rings.